The van der Waals surface area contributed by atoms with Crippen LogP contribution in [0, 0.1) is 0 Å². The van der Waals surface area contributed by atoms with Crippen LogP contribution < -0.4 is 10.5 Å². The SMILES string of the molecule is CCC(C)NC(=O)c1cc(S(N)(=O)=O)ccc1Cl. The number of halogens is 1. The largest absolute Gasteiger partial charge is 0.350 e. The number of hydrogen-bond donors (Lipinski definition) is 2. The van der Waals surface area contributed by atoms with Gasteiger partial charge in [-0.25, -0.2) is 13.6 Å². The molecule has 1 amide bonds. The van der Waals surface area contributed by atoms with E-state index in [1.807, 2.05) is 13.8 Å². The average molecular weight is 291 g/mol. The van der Waals surface area contributed by atoms with Crippen molar-refractivity contribution in [3.8, 4) is 0 Å². The van der Waals surface area contributed by atoms with Gasteiger partial charge in [0.25, 0.3) is 5.91 Å². The normalized spacial score (nSPS) is 13.1. The minimum absolute atomic E-state index is 0.0216. The van der Waals surface area contributed by atoms with Crippen LogP contribution >= 0.6 is 11.6 Å². The minimum atomic E-state index is -3.85. The Balaban J connectivity index is 3.12. The van der Waals surface area contributed by atoms with Crippen molar-refractivity contribution in [3.05, 3.63) is 28.8 Å². The Morgan fingerprint density at radius 2 is 2.11 bits per heavy atom. The monoisotopic (exact) mass is 290 g/mol. The first-order valence-electron chi connectivity index (χ1n) is 5.39. The number of carbonyl (C=O) groups is 1. The zero-order valence-corrected chi connectivity index (χ0v) is 11.7. The van der Waals surface area contributed by atoms with Gasteiger partial charge >= 0.3 is 0 Å². The second-order valence-electron chi connectivity index (χ2n) is 3.97. The van der Waals surface area contributed by atoms with Gasteiger partial charge in [0.15, 0.2) is 0 Å². The van der Waals surface area contributed by atoms with Gasteiger partial charge in [0.1, 0.15) is 0 Å². The zero-order valence-electron chi connectivity index (χ0n) is 10.1. The predicted molar refractivity (Wildman–Crippen MR) is 70.0 cm³/mol. The number of hydrogen-bond acceptors (Lipinski definition) is 3. The highest BCUT2D eigenvalue weighted by Crippen LogP contribution is 2.20. The summed E-state index contributed by atoms with van der Waals surface area (Å²) in [6.45, 7) is 3.77. The molecule has 0 radical (unpaired) electrons. The van der Waals surface area contributed by atoms with Gasteiger partial charge in [0.05, 0.1) is 15.5 Å². The van der Waals surface area contributed by atoms with Gasteiger partial charge in [0, 0.05) is 6.04 Å². The zero-order chi connectivity index (χ0) is 13.9. The van der Waals surface area contributed by atoms with Crippen molar-refractivity contribution in [2.75, 3.05) is 0 Å². The Kier molecular flexibility index (Phi) is 4.72. The molecule has 1 aromatic rings. The Morgan fingerprint density at radius 3 is 2.61 bits per heavy atom. The van der Waals surface area contributed by atoms with E-state index in [1.165, 1.54) is 18.2 Å². The van der Waals surface area contributed by atoms with Crippen LogP contribution in [0.25, 0.3) is 0 Å². The average Bonchev–Trinajstić information content (AvgIpc) is 2.27. The van der Waals surface area contributed by atoms with Crippen LogP contribution in [-0.2, 0) is 10.0 Å². The molecule has 1 rings (SSSR count). The van der Waals surface area contributed by atoms with Gasteiger partial charge in [-0.3, -0.25) is 4.79 Å². The van der Waals surface area contributed by atoms with Crippen LogP contribution in [-0.4, -0.2) is 20.4 Å². The third-order valence-corrected chi connectivity index (χ3v) is 3.74. The predicted octanol–water partition coefficient (Wildman–Crippen LogP) is 1.52. The number of sulfonamides is 1. The molecular weight excluding hydrogens is 276 g/mol. The molecule has 0 fully saturated rings. The summed E-state index contributed by atoms with van der Waals surface area (Å²) in [6.07, 6.45) is 0.762. The fourth-order valence-electron chi connectivity index (χ4n) is 1.26. The summed E-state index contributed by atoms with van der Waals surface area (Å²) in [5.74, 6) is -0.417. The third-order valence-electron chi connectivity index (χ3n) is 2.50. The quantitative estimate of drug-likeness (QED) is 0.881. The van der Waals surface area contributed by atoms with Crippen molar-refractivity contribution in [2.24, 2.45) is 5.14 Å². The molecular formula is C11H15ClN2O3S. The fraction of sp³-hybridized carbons (Fsp3) is 0.364. The van der Waals surface area contributed by atoms with Gasteiger partial charge in [-0.1, -0.05) is 18.5 Å². The topological polar surface area (TPSA) is 89.3 Å². The van der Waals surface area contributed by atoms with E-state index in [-0.39, 0.29) is 21.5 Å². The highest BCUT2D eigenvalue weighted by Gasteiger charge is 2.16. The van der Waals surface area contributed by atoms with Crippen LogP contribution in [0.3, 0.4) is 0 Å². The smallest absolute Gasteiger partial charge is 0.253 e. The maximum Gasteiger partial charge on any atom is 0.253 e. The molecule has 0 saturated heterocycles. The molecule has 100 valence electrons. The molecule has 0 aliphatic heterocycles. The Labute approximate surface area is 111 Å². The molecule has 1 aromatic carbocycles. The van der Waals surface area contributed by atoms with E-state index < -0.39 is 15.9 Å². The van der Waals surface area contributed by atoms with E-state index in [9.17, 15) is 13.2 Å². The molecule has 0 heterocycles. The van der Waals surface area contributed by atoms with E-state index in [1.54, 1.807) is 0 Å². The van der Waals surface area contributed by atoms with Crippen molar-refractivity contribution in [2.45, 2.75) is 31.2 Å². The molecule has 0 bridgehead atoms. The van der Waals surface area contributed by atoms with Gasteiger partial charge in [0.2, 0.25) is 10.0 Å². The number of nitrogens with two attached hydrogens (primary N) is 1. The Morgan fingerprint density at radius 1 is 1.50 bits per heavy atom. The molecule has 0 saturated carbocycles. The molecule has 1 unspecified atom stereocenters. The van der Waals surface area contributed by atoms with Crippen molar-refractivity contribution < 1.29 is 13.2 Å². The highest BCUT2D eigenvalue weighted by molar-refractivity contribution is 7.89. The van der Waals surface area contributed by atoms with E-state index in [0.29, 0.717) is 0 Å². The van der Waals surface area contributed by atoms with Gasteiger partial charge < -0.3 is 5.32 Å². The van der Waals surface area contributed by atoms with Crippen LogP contribution in [0.4, 0.5) is 0 Å². The number of carbonyl (C=O) groups excluding carboxylic acids is 1. The summed E-state index contributed by atoms with van der Waals surface area (Å²) >= 11 is 5.87. The Hall–Kier alpha value is -1.11. The van der Waals surface area contributed by atoms with Gasteiger partial charge in [-0.15, -0.1) is 0 Å². The second-order valence-corrected chi connectivity index (χ2v) is 5.94. The van der Waals surface area contributed by atoms with Crippen molar-refractivity contribution in [3.63, 3.8) is 0 Å². The molecule has 18 heavy (non-hydrogen) atoms. The van der Waals surface area contributed by atoms with Crippen LogP contribution in [0.5, 0.6) is 0 Å². The summed E-state index contributed by atoms with van der Waals surface area (Å²) in [5.41, 5.74) is 0.100. The minimum Gasteiger partial charge on any atom is -0.350 e. The molecule has 5 nitrogen and oxygen atoms in total. The summed E-state index contributed by atoms with van der Waals surface area (Å²) in [4.78, 5) is 11.7. The first-order chi connectivity index (χ1) is 8.25. The van der Waals surface area contributed by atoms with Crippen LogP contribution in [0.15, 0.2) is 23.1 Å². The summed E-state index contributed by atoms with van der Waals surface area (Å²) < 4.78 is 22.4. The number of amides is 1. The lowest BCUT2D eigenvalue weighted by Crippen LogP contribution is -2.32. The molecule has 0 aliphatic rings. The molecule has 3 N–H and O–H groups in total. The van der Waals surface area contributed by atoms with E-state index in [2.05, 4.69) is 5.32 Å². The van der Waals surface area contributed by atoms with Crippen LogP contribution in [0.1, 0.15) is 30.6 Å². The second kappa shape index (κ2) is 5.69. The Bertz CT molecular complexity index is 557. The molecule has 0 spiro atoms. The van der Waals surface area contributed by atoms with Crippen molar-refractivity contribution in [1.82, 2.24) is 5.32 Å². The fourth-order valence-corrected chi connectivity index (χ4v) is 2.00. The van der Waals surface area contributed by atoms with E-state index in [4.69, 9.17) is 16.7 Å². The third kappa shape index (κ3) is 3.69. The first kappa shape index (κ1) is 14.9. The number of benzene rings is 1. The first-order valence-corrected chi connectivity index (χ1v) is 7.31. The highest BCUT2D eigenvalue weighted by atomic mass is 35.5. The molecule has 0 aliphatic carbocycles. The van der Waals surface area contributed by atoms with E-state index in [0.717, 1.165) is 6.42 Å². The summed E-state index contributed by atoms with van der Waals surface area (Å²) in [7, 11) is -3.85. The van der Waals surface area contributed by atoms with E-state index >= 15 is 0 Å². The summed E-state index contributed by atoms with van der Waals surface area (Å²) in [5, 5.41) is 7.89. The number of primary sulfonamides is 1. The maximum atomic E-state index is 11.9. The number of nitrogens with one attached hydrogen (secondary N) is 1. The lowest BCUT2D eigenvalue weighted by Gasteiger charge is -2.12. The number of rotatable bonds is 4. The molecule has 1 atom stereocenters. The summed E-state index contributed by atoms with van der Waals surface area (Å²) in [6, 6.07) is 3.76. The standard InChI is InChI=1S/C11H15ClN2O3S/c1-3-7(2)14-11(15)9-6-8(18(13,16)17)4-5-10(9)12/h4-7H,3H2,1-2H3,(H,14,15)(H2,13,16,17). The molecule has 0 aromatic heterocycles. The van der Waals surface area contributed by atoms with Gasteiger partial charge in [-0.2, -0.15) is 0 Å². The lowest BCUT2D eigenvalue weighted by molar-refractivity contribution is 0.0939. The maximum absolute atomic E-state index is 11.9. The van der Waals surface area contributed by atoms with Gasteiger partial charge in [-0.05, 0) is 31.5 Å². The molecule has 7 heteroatoms. The lowest BCUT2D eigenvalue weighted by atomic mass is 10.2. The van der Waals surface area contributed by atoms with Crippen molar-refractivity contribution >= 4 is 27.5 Å². The van der Waals surface area contributed by atoms with Crippen molar-refractivity contribution in [1.29, 1.82) is 0 Å². The van der Waals surface area contributed by atoms with Crippen LogP contribution in [0.2, 0.25) is 5.02 Å².